The van der Waals surface area contributed by atoms with Crippen LogP contribution in [0.5, 0.6) is 0 Å². The standard InChI is InChI=1S/C15H32N8O/c16-1-4-19-5-6-20-7-10-22-13-14-23(15(22)24)12-11-21(8-2-17)9-3-18/h19-20H,2-14,17-18H2. The lowest BCUT2D eigenvalue weighted by molar-refractivity contribution is 0.183. The Morgan fingerprint density at radius 3 is 2.25 bits per heavy atom. The summed E-state index contributed by atoms with van der Waals surface area (Å²) in [4.78, 5) is 18.3. The Morgan fingerprint density at radius 1 is 1.00 bits per heavy atom. The van der Waals surface area contributed by atoms with Gasteiger partial charge in [0.25, 0.3) is 0 Å². The molecule has 0 aromatic carbocycles. The first kappa shape index (κ1) is 20.6. The molecule has 0 unspecified atom stereocenters. The van der Waals surface area contributed by atoms with Crippen LogP contribution in [0.2, 0.25) is 0 Å². The highest BCUT2D eigenvalue weighted by Crippen LogP contribution is 2.07. The van der Waals surface area contributed by atoms with Gasteiger partial charge in [0.15, 0.2) is 0 Å². The van der Waals surface area contributed by atoms with E-state index in [9.17, 15) is 4.79 Å². The Kier molecular flexibility index (Phi) is 11.1. The highest BCUT2D eigenvalue weighted by molar-refractivity contribution is 5.76. The van der Waals surface area contributed by atoms with Gasteiger partial charge in [0.1, 0.15) is 0 Å². The number of urea groups is 1. The Hall–Kier alpha value is -1.44. The zero-order chi connectivity index (χ0) is 17.6. The van der Waals surface area contributed by atoms with Crippen molar-refractivity contribution in [3.05, 3.63) is 0 Å². The largest absolute Gasteiger partial charge is 0.329 e. The molecule has 0 bridgehead atoms. The van der Waals surface area contributed by atoms with E-state index in [-0.39, 0.29) is 6.03 Å². The van der Waals surface area contributed by atoms with Crippen LogP contribution in [0.1, 0.15) is 0 Å². The van der Waals surface area contributed by atoms with Crippen LogP contribution in [0, 0.1) is 11.3 Å². The van der Waals surface area contributed by atoms with Crippen molar-refractivity contribution in [1.82, 2.24) is 25.3 Å². The molecule has 1 aliphatic rings. The fraction of sp³-hybridized carbons (Fsp3) is 0.867. The van der Waals surface area contributed by atoms with Crippen LogP contribution >= 0.6 is 0 Å². The average molecular weight is 340 g/mol. The van der Waals surface area contributed by atoms with E-state index in [4.69, 9.17) is 16.7 Å². The molecule has 0 spiro atoms. The predicted molar refractivity (Wildman–Crippen MR) is 94.4 cm³/mol. The fourth-order valence-electron chi connectivity index (χ4n) is 2.67. The van der Waals surface area contributed by atoms with Crippen LogP contribution in [0.25, 0.3) is 0 Å². The molecule has 1 heterocycles. The third-order valence-corrected chi connectivity index (χ3v) is 4.00. The summed E-state index contributed by atoms with van der Waals surface area (Å²) in [5.41, 5.74) is 11.2. The summed E-state index contributed by atoms with van der Waals surface area (Å²) in [5, 5.41) is 14.7. The third kappa shape index (κ3) is 7.90. The lowest BCUT2D eigenvalue weighted by atomic mass is 10.4. The number of carbonyl (C=O) groups excluding carboxylic acids is 1. The second-order valence-corrected chi connectivity index (χ2v) is 5.76. The summed E-state index contributed by atoms with van der Waals surface area (Å²) in [6.45, 7) is 9.33. The predicted octanol–water partition coefficient (Wildman–Crippen LogP) is -2.35. The molecule has 0 saturated carbocycles. The normalized spacial score (nSPS) is 14.7. The van der Waals surface area contributed by atoms with Crippen molar-refractivity contribution in [1.29, 1.82) is 5.26 Å². The fourth-order valence-corrected chi connectivity index (χ4v) is 2.67. The van der Waals surface area contributed by atoms with Gasteiger partial charge in [-0.1, -0.05) is 0 Å². The van der Waals surface area contributed by atoms with Crippen LogP contribution < -0.4 is 22.1 Å². The molecule has 6 N–H and O–H groups in total. The maximum atomic E-state index is 12.3. The maximum Gasteiger partial charge on any atom is 0.320 e. The van der Waals surface area contributed by atoms with Gasteiger partial charge in [0.05, 0.1) is 12.6 Å². The first-order valence-electron chi connectivity index (χ1n) is 8.67. The molecule has 0 aliphatic carbocycles. The molecular weight excluding hydrogens is 308 g/mol. The molecular formula is C15H32N8O. The quantitative estimate of drug-likeness (QED) is 0.206. The van der Waals surface area contributed by atoms with Gasteiger partial charge >= 0.3 is 6.03 Å². The van der Waals surface area contributed by atoms with E-state index in [2.05, 4.69) is 15.5 Å². The number of nitrogens with two attached hydrogens (primary N) is 2. The molecule has 1 aliphatic heterocycles. The Morgan fingerprint density at radius 2 is 1.62 bits per heavy atom. The molecule has 0 radical (unpaired) electrons. The average Bonchev–Trinajstić information content (AvgIpc) is 2.92. The molecule has 0 atom stereocenters. The summed E-state index contributed by atoms with van der Waals surface area (Å²) < 4.78 is 0. The van der Waals surface area contributed by atoms with Gasteiger partial charge in [0, 0.05) is 78.5 Å². The van der Waals surface area contributed by atoms with E-state index in [0.717, 1.165) is 58.9 Å². The van der Waals surface area contributed by atoms with E-state index in [1.807, 2.05) is 15.9 Å². The molecule has 2 amide bonds. The van der Waals surface area contributed by atoms with Gasteiger partial charge in [-0.05, 0) is 0 Å². The Labute approximate surface area is 144 Å². The van der Waals surface area contributed by atoms with Gasteiger partial charge in [0.2, 0.25) is 0 Å². The van der Waals surface area contributed by atoms with Crippen LogP contribution in [0.4, 0.5) is 4.79 Å². The van der Waals surface area contributed by atoms with Gasteiger partial charge in [-0.2, -0.15) is 5.26 Å². The van der Waals surface area contributed by atoms with E-state index in [0.29, 0.717) is 26.2 Å². The summed E-state index contributed by atoms with van der Waals surface area (Å²) in [5.74, 6) is 0. The van der Waals surface area contributed by atoms with Crippen molar-refractivity contribution < 1.29 is 4.79 Å². The highest BCUT2D eigenvalue weighted by atomic mass is 16.2. The van der Waals surface area contributed by atoms with Crippen molar-refractivity contribution in [3.8, 4) is 6.07 Å². The molecule has 1 saturated heterocycles. The number of nitriles is 1. The van der Waals surface area contributed by atoms with Gasteiger partial charge in [-0.3, -0.25) is 4.90 Å². The smallest absolute Gasteiger partial charge is 0.320 e. The molecule has 138 valence electrons. The highest BCUT2D eigenvalue weighted by Gasteiger charge is 2.27. The summed E-state index contributed by atoms with van der Waals surface area (Å²) in [6, 6.07) is 2.15. The molecule has 1 fully saturated rings. The van der Waals surface area contributed by atoms with Crippen LogP contribution in [-0.4, -0.2) is 106 Å². The van der Waals surface area contributed by atoms with E-state index in [1.54, 1.807) is 0 Å². The van der Waals surface area contributed by atoms with Crippen LogP contribution in [-0.2, 0) is 0 Å². The van der Waals surface area contributed by atoms with Gasteiger partial charge in [-0.25, -0.2) is 4.79 Å². The second kappa shape index (κ2) is 12.9. The zero-order valence-electron chi connectivity index (χ0n) is 14.5. The number of amides is 2. The first-order chi connectivity index (χ1) is 11.7. The number of hydrogen-bond donors (Lipinski definition) is 4. The van der Waals surface area contributed by atoms with Crippen molar-refractivity contribution in [2.45, 2.75) is 0 Å². The lowest BCUT2D eigenvalue weighted by Crippen LogP contribution is -2.42. The summed E-state index contributed by atoms with van der Waals surface area (Å²) in [7, 11) is 0. The third-order valence-electron chi connectivity index (χ3n) is 4.00. The summed E-state index contributed by atoms with van der Waals surface area (Å²) in [6.07, 6.45) is 0. The number of hydrogen-bond acceptors (Lipinski definition) is 7. The summed E-state index contributed by atoms with van der Waals surface area (Å²) >= 11 is 0. The second-order valence-electron chi connectivity index (χ2n) is 5.76. The monoisotopic (exact) mass is 340 g/mol. The van der Waals surface area contributed by atoms with Crippen molar-refractivity contribution in [3.63, 3.8) is 0 Å². The molecule has 9 heteroatoms. The topological polar surface area (TPSA) is 127 Å². The van der Waals surface area contributed by atoms with E-state index < -0.39 is 0 Å². The van der Waals surface area contributed by atoms with Crippen LogP contribution in [0.3, 0.4) is 0 Å². The Bertz CT molecular complexity index is 380. The molecule has 24 heavy (non-hydrogen) atoms. The van der Waals surface area contributed by atoms with E-state index in [1.165, 1.54) is 0 Å². The minimum atomic E-state index is 0.111. The lowest BCUT2D eigenvalue weighted by Gasteiger charge is -2.24. The molecule has 0 aromatic rings. The minimum Gasteiger partial charge on any atom is -0.329 e. The molecule has 0 aromatic heterocycles. The number of carbonyl (C=O) groups is 1. The number of rotatable bonds is 14. The Balaban J connectivity index is 2.16. The maximum absolute atomic E-state index is 12.3. The van der Waals surface area contributed by atoms with Crippen LogP contribution in [0.15, 0.2) is 0 Å². The van der Waals surface area contributed by atoms with Crippen molar-refractivity contribution >= 4 is 6.03 Å². The van der Waals surface area contributed by atoms with Gasteiger partial charge < -0.3 is 31.9 Å². The van der Waals surface area contributed by atoms with Crippen molar-refractivity contribution in [2.24, 2.45) is 11.5 Å². The van der Waals surface area contributed by atoms with Crippen molar-refractivity contribution in [2.75, 3.05) is 85.1 Å². The molecule has 9 nitrogen and oxygen atoms in total. The SMILES string of the molecule is N#CCNCCNCCN1CCN(CCN(CCN)CCN)C1=O. The van der Waals surface area contributed by atoms with E-state index >= 15 is 0 Å². The molecule has 1 rings (SSSR count). The number of nitrogens with one attached hydrogen (secondary N) is 2. The number of nitrogens with zero attached hydrogens (tertiary/aromatic N) is 4. The minimum absolute atomic E-state index is 0.111. The first-order valence-corrected chi connectivity index (χ1v) is 8.67. The van der Waals surface area contributed by atoms with Gasteiger partial charge in [-0.15, -0.1) is 0 Å². The zero-order valence-corrected chi connectivity index (χ0v) is 14.5.